The Balaban J connectivity index is 2.69. The van der Waals surface area contributed by atoms with Crippen LogP contribution < -0.4 is 5.32 Å². The summed E-state index contributed by atoms with van der Waals surface area (Å²) in [5.74, 6) is -0.338. The van der Waals surface area contributed by atoms with Crippen LogP contribution in [0.1, 0.15) is 36.3 Å². The van der Waals surface area contributed by atoms with Gasteiger partial charge in [0.15, 0.2) is 0 Å². The standard InChI is InChI=1S/C14H22N2O3/c1-10-7-11(13(17)18)8-12(16-10)15-9-14(2,3)5-6-19-4/h7-8H,5-6,9H2,1-4H3,(H,15,16)(H,17,18). The largest absolute Gasteiger partial charge is 0.478 e. The lowest BCUT2D eigenvalue weighted by Gasteiger charge is -2.25. The fraction of sp³-hybridized carbons (Fsp3) is 0.571. The average Bonchev–Trinajstić information content (AvgIpc) is 2.33. The van der Waals surface area contributed by atoms with Gasteiger partial charge in [0.1, 0.15) is 5.82 Å². The molecule has 0 unspecified atom stereocenters. The van der Waals surface area contributed by atoms with Gasteiger partial charge in [-0.2, -0.15) is 0 Å². The second-order valence-corrected chi connectivity index (χ2v) is 5.45. The molecule has 0 aliphatic heterocycles. The third-order valence-corrected chi connectivity index (χ3v) is 2.93. The number of hydrogen-bond acceptors (Lipinski definition) is 4. The first-order valence-electron chi connectivity index (χ1n) is 6.29. The van der Waals surface area contributed by atoms with E-state index in [9.17, 15) is 4.79 Å². The molecule has 0 saturated carbocycles. The van der Waals surface area contributed by atoms with Gasteiger partial charge >= 0.3 is 5.97 Å². The molecule has 0 atom stereocenters. The minimum Gasteiger partial charge on any atom is -0.478 e. The van der Waals surface area contributed by atoms with Crippen molar-refractivity contribution in [3.05, 3.63) is 23.4 Å². The average molecular weight is 266 g/mol. The number of methoxy groups -OCH3 is 1. The van der Waals surface area contributed by atoms with Crippen LogP contribution in [0.2, 0.25) is 0 Å². The van der Waals surface area contributed by atoms with E-state index in [1.54, 1.807) is 26.2 Å². The predicted octanol–water partition coefficient (Wildman–Crippen LogP) is 2.56. The van der Waals surface area contributed by atoms with Gasteiger partial charge in [0, 0.05) is 26.0 Å². The van der Waals surface area contributed by atoms with E-state index in [1.807, 2.05) is 0 Å². The fourth-order valence-electron chi connectivity index (χ4n) is 1.68. The molecular formula is C14H22N2O3. The molecule has 0 bridgehead atoms. The Morgan fingerprint density at radius 3 is 2.74 bits per heavy atom. The zero-order valence-corrected chi connectivity index (χ0v) is 12.0. The van der Waals surface area contributed by atoms with Crippen molar-refractivity contribution in [2.45, 2.75) is 27.2 Å². The van der Waals surface area contributed by atoms with Gasteiger partial charge in [0.05, 0.1) is 5.56 Å². The van der Waals surface area contributed by atoms with Crippen LogP contribution in [-0.4, -0.2) is 36.3 Å². The first kappa shape index (κ1) is 15.4. The first-order chi connectivity index (χ1) is 8.84. The molecule has 1 rings (SSSR count). The summed E-state index contributed by atoms with van der Waals surface area (Å²) >= 11 is 0. The van der Waals surface area contributed by atoms with Crippen LogP contribution in [0, 0.1) is 12.3 Å². The van der Waals surface area contributed by atoms with Crippen LogP contribution in [0.15, 0.2) is 12.1 Å². The molecule has 0 aliphatic carbocycles. The molecule has 0 saturated heterocycles. The van der Waals surface area contributed by atoms with Gasteiger partial charge in [-0.25, -0.2) is 9.78 Å². The van der Waals surface area contributed by atoms with Crippen LogP contribution in [0.5, 0.6) is 0 Å². The number of aryl methyl sites for hydroxylation is 1. The van der Waals surface area contributed by atoms with Gasteiger partial charge in [-0.1, -0.05) is 13.8 Å². The number of carboxylic acid groups (broad SMARTS) is 1. The van der Waals surface area contributed by atoms with E-state index in [0.29, 0.717) is 24.7 Å². The zero-order chi connectivity index (χ0) is 14.5. The second kappa shape index (κ2) is 6.52. The van der Waals surface area contributed by atoms with E-state index in [1.165, 1.54) is 0 Å². The van der Waals surface area contributed by atoms with Crippen LogP contribution in [0.3, 0.4) is 0 Å². The molecule has 0 amide bonds. The molecule has 1 aromatic rings. The Morgan fingerprint density at radius 2 is 2.16 bits per heavy atom. The van der Waals surface area contributed by atoms with Gasteiger partial charge in [-0.05, 0) is 30.9 Å². The van der Waals surface area contributed by atoms with Gasteiger partial charge in [-0.15, -0.1) is 0 Å². The highest BCUT2D eigenvalue weighted by molar-refractivity contribution is 5.88. The van der Waals surface area contributed by atoms with Gasteiger partial charge in [0.25, 0.3) is 0 Å². The number of aromatic nitrogens is 1. The Labute approximate surface area is 114 Å². The predicted molar refractivity (Wildman–Crippen MR) is 74.7 cm³/mol. The summed E-state index contributed by atoms with van der Waals surface area (Å²) in [6.45, 7) is 7.47. The van der Waals surface area contributed by atoms with Crippen molar-refractivity contribution in [2.24, 2.45) is 5.41 Å². The molecule has 0 spiro atoms. The van der Waals surface area contributed by atoms with Crippen molar-refractivity contribution >= 4 is 11.8 Å². The van der Waals surface area contributed by atoms with E-state index in [2.05, 4.69) is 24.1 Å². The molecule has 106 valence electrons. The normalized spacial score (nSPS) is 11.4. The lowest BCUT2D eigenvalue weighted by molar-refractivity contribution is 0.0696. The number of pyridine rings is 1. The summed E-state index contributed by atoms with van der Waals surface area (Å²) in [5.41, 5.74) is 1.01. The number of anilines is 1. The Kier molecular flexibility index (Phi) is 5.30. The highest BCUT2D eigenvalue weighted by Crippen LogP contribution is 2.21. The van der Waals surface area contributed by atoms with Gasteiger partial charge < -0.3 is 15.2 Å². The number of carbonyl (C=O) groups is 1. The summed E-state index contributed by atoms with van der Waals surface area (Å²) < 4.78 is 5.08. The quantitative estimate of drug-likeness (QED) is 0.793. The molecule has 0 aliphatic rings. The molecule has 0 fully saturated rings. The minimum absolute atomic E-state index is 0.0603. The first-order valence-corrected chi connectivity index (χ1v) is 6.29. The van der Waals surface area contributed by atoms with Gasteiger partial charge in [0.2, 0.25) is 0 Å². The number of aromatic carboxylic acids is 1. The van der Waals surface area contributed by atoms with Crippen molar-refractivity contribution in [1.29, 1.82) is 0 Å². The smallest absolute Gasteiger partial charge is 0.335 e. The highest BCUT2D eigenvalue weighted by Gasteiger charge is 2.17. The van der Waals surface area contributed by atoms with Crippen LogP contribution in [-0.2, 0) is 4.74 Å². The summed E-state index contributed by atoms with van der Waals surface area (Å²) in [4.78, 5) is 15.3. The maximum absolute atomic E-state index is 11.0. The third kappa shape index (κ3) is 5.26. The molecule has 1 heterocycles. The van der Waals surface area contributed by atoms with Crippen molar-refractivity contribution in [3.8, 4) is 0 Å². The summed E-state index contributed by atoms with van der Waals surface area (Å²) in [5, 5.41) is 12.2. The molecule has 19 heavy (non-hydrogen) atoms. The van der Waals surface area contributed by atoms with Crippen molar-refractivity contribution in [3.63, 3.8) is 0 Å². The molecule has 0 radical (unpaired) electrons. The summed E-state index contributed by atoms with van der Waals surface area (Å²) in [6.07, 6.45) is 0.925. The molecule has 5 heteroatoms. The Morgan fingerprint density at radius 1 is 1.47 bits per heavy atom. The second-order valence-electron chi connectivity index (χ2n) is 5.45. The lowest BCUT2D eigenvalue weighted by atomic mass is 9.90. The summed E-state index contributed by atoms with van der Waals surface area (Å²) in [7, 11) is 1.69. The third-order valence-electron chi connectivity index (χ3n) is 2.93. The van der Waals surface area contributed by atoms with Crippen LogP contribution in [0.25, 0.3) is 0 Å². The van der Waals surface area contributed by atoms with Gasteiger partial charge in [-0.3, -0.25) is 0 Å². The number of carboxylic acids is 1. The number of ether oxygens (including phenoxy) is 1. The van der Waals surface area contributed by atoms with Crippen LogP contribution in [0.4, 0.5) is 5.82 Å². The number of nitrogens with zero attached hydrogens (tertiary/aromatic N) is 1. The van der Waals surface area contributed by atoms with Crippen molar-refractivity contribution < 1.29 is 14.6 Å². The SMILES string of the molecule is COCCC(C)(C)CNc1cc(C(=O)O)cc(C)n1. The fourth-order valence-corrected chi connectivity index (χ4v) is 1.68. The van der Waals surface area contributed by atoms with E-state index >= 15 is 0 Å². The summed E-state index contributed by atoms with van der Waals surface area (Å²) in [6, 6.07) is 3.12. The highest BCUT2D eigenvalue weighted by atomic mass is 16.5. The maximum atomic E-state index is 11.0. The Hall–Kier alpha value is -1.62. The van der Waals surface area contributed by atoms with Crippen molar-refractivity contribution in [2.75, 3.05) is 25.6 Å². The molecule has 2 N–H and O–H groups in total. The zero-order valence-electron chi connectivity index (χ0n) is 12.0. The number of nitrogens with one attached hydrogen (secondary N) is 1. The van der Waals surface area contributed by atoms with E-state index in [4.69, 9.17) is 9.84 Å². The maximum Gasteiger partial charge on any atom is 0.335 e. The Bertz CT molecular complexity index is 444. The van der Waals surface area contributed by atoms with Crippen LogP contribution >= 0.6 is 0 Å². The molecular weight excluding hydrogens is 244 g/mol. The number of hydrogen-bond donors (Lipinski definition) is 2. The van der Waals surface area contributed by atoms with E-state index in [0.717, 1.165) is 6.42 Å². The molecule has 0 aromatic carbocycles. The minimum atomic E-state index is -0.938. The monoisotopic (exact) mass is 266 g/mol. The van der Waals surface area contributed by atoms with E-state index in [-0.39, 0.29) is 11.0 Å². The molecule has 5 nitrogen and oxygen atoms in total. The number of rotatable bonds is 7. The van der Waals surface area contributed by atoms with E-state index < -0.39 is 5.97 Å². The lowest BCUT2D eigenvalue weighted by Crippen LogP contribution is -2.25. The topological polar surface area (TPSA) is 71.5 Å². The van der Waals surface area contributed by atoms with Crippen molar-refractivity contribution in [1.82, 2.24) is 4.98 Å². The molecule has 1 aromatic heterocycles.